The van der Waals surface area contributed by atoms with Gasteiger partial charge in [-0.15, -0.1) is 0 Å². The lowest BCUT2D eigenvalue weighted by molar-refractivity contribution is -0.124. The molecule has 4 heteroatoms. The fourth-order valence-electron chi connectivity index (χ4n) is 1.87. The van der Waals surface area contributed by atoms with Crippen LogP contribution in [0.25, 0.3) is 0 Å². The second-order valence-electron chi connectivity index (χ2n) is 4.95. The summed E-state index contributed by atoms with van der Waals surface area (Å²) in [7, 11) is 0. The maximum atomic E-state index is 11.7. The Morgan fingerprint density at radius 2 is 2.00 bits per heavy atom. The molecule has 0 aliphatic carbocycles. The molecule has 3 N–H and O–H groups in total. The molecule has 0 spiro atoms. The van der Waals surface area contributed by atoms with Gasteiger partial charge in [-0.2, -0.15) is 0 Å². The topological polar surface area (TPSA) is 55.1 Å². The molecule has 1 amide bonds. The number of hydrogen-bond acceptors (Lipinski definition) is 2. The number of carbonyl (C=O) groups is 1. The van der Waals surface area contributed by atoms with E-state index in [9.17, 15) is 4.79 Å². The summed E-state index contributed by atoms with van der Waals surface area (Å²) in [4.78, 5) is 11.7. The van der Waals surface area contributed by atoms with Gasteiger partial charge >= 0.3 is 0 Å². The summed E-state index contributed by atoms with van der Waals surface area (Å²) in [5.41, 5.74) is 5.93. The van der Waals surface area contributed by atoms with E-state index in [2.05, 4.69) is 35.1 Å². The number of primary amides is 1. The van der Waals surface area contributed by atoms with Gasteiger partial charge in [0.15, 0.2) is 0 Å². The van der Waals surface area contributed by atoms with Crippen LogP contribution in [0.5, 0.6) is 0 Å². The minimum Gasteiger partial charge on any atom is -0.368 e. The van der Waals surface area contributed by atoms with Gasteiger partial charge in [-0.1, -0.05) is 35.0 Å². The molecule has 0 saturated carbocycles. The van der Waals surface area contributed by atoms with Crippen molar-refractivity contribution in [1.82, 2.24) is 5.32 Å². The third-order valence-corrected chi connectivity index (χ3v) is 3.72. The summed E-state index contributed by atoms with van der Waals surface area (Å²) in [6, 6.07) is 8.21. The first-order valence-corrected chi connectivity index (χ1v) is 6.98. The van der Waals surface area contributed by atoms with Crippen LogP contribution in [0, 0.1) is 0 Å². The van der Waals surface area contributed by atoms with Crippen molar-refractivity contribution in [2.24, 2.45) is 5.73 Å². The molecule has 0 saturated heterocycles. The number of rotatable bonds is 6. The zero-order valence-electron chi connectivity index (χ0n) is 11.2. The Hall–Kier alpha value is -0.870. The molecule has 0 aliphatic heterocycles. The lowest BCUT2D eigenvalue weighted by Crippen LogP contribution is -2.57. The predicted molar refractivity (Wildman–Crippen MR) is 78.3 cm³/mol. The fraction of sp³-hybridized carbons (Fsp3) is 0.500. The van der Waals surface area contributed by atoms with Crippen LogP contribution >= 0.6 is 15.9 Å². The Balaban J connectivity index is 2.85. The summed E-state index contributed by atoms with van der Waals surface area (Å²) in [6.07, 6.45) is 1.56. The van der Waals surface area contributed by atoms with Gasteiger partial charge in [0, 0.05) is 10.5 Å². The van der Waals surface area contributed by atoms with Crippen LogP contribution in [0.4, 0.5) is 0 Å². The van der Waals surface area contributed by atoms with Gasteiger partial charge in [-0.25, -0.2) is 0 Å². The first-order chi connectivity index (χ1) is 8.37. The summed E-state index contributed by atoms with van der Waals surface area (Å²) >= 11 is 3.40. The normalized spacial score (nSPS) is 16.0. The van der Waals surface area contributed by atoms with Crippen LogP contribution < -0.4 is 11.1 Å². The fourth-order valence-corrected chi connectivity index (χ4v) is 2.13. The van der Waals surface area contributed by atoms with Crippen molar-refractivity contribution in [3.05, 3.63) is 34.3 Å². The van der Waals surface area contributed by atoms with Gasteiger partial charge in [0.25, 0.3) is 0 Å². The molecule has 2 unspecified atom stereocenters. The number of nitrogens with two attached hydrogens (primary N) is 1. The number of nitrogens with one attached hydrogen (secondary N) is 1. The van der Waals surface area contributed by atoms with Gasteiger partial charge in [-0.3, -0.25) is 4.79 Å². The highest BCUT2D eigenvalue weighted by Crippen LogP contribution is 2.17. The molecule has 0 heterocycles. The molecule has 0 aromatic heterocycles. The molecule has 0 aliphatic rings. The SMILES string of the molecule is CCC(C)NC(C)(Cc1ccc(Br)cc1)C(N)=O. The number of hydrogen-bond donors (Lipinski definition) is 2. The van der Waals surface area contributed by atoms with Crippen LogP contribution in [-0.2, 0) is 11.2 Å². The molecule has 1 aromatic carbocycles. The first-order valence-electron chi connectivity index (χ1n) is 6.19. The third-order valence-electron chi connectivity index (χ3n) is 3.19. The lowest BCUT2D eigenvalue weighted by Gasteiger charge is -2.31. The Labute approximate surface area is 117 Å². The Bertz CT molecular complexity index is 405. The molecule has 2 atom stereocenters. The van der Waals surface area contributed by atoms with Crippen molar-refractivity contribution in [3.63, 3.8) is 0 Å². The van der Waals surface area contributed by atoms with E-state index in [0.717, 1.165) is 16.5 Å². The summed E-state index contributed by atoms with van der Waals surface area (Å²) < 4.78 is 1.03. The molecule has 3 nitrogen and oxygen atoms in total. The number of carbonyl (C=O) groups excluding carboxylic acids is 1. The molecule has 1 aromatic rings. The van der Waals surface area contributed by atoms with Gasteiger partial charge < -0.3 is 11.1 Å². The van der Waals surface area contributed by atoms with E-state index in [0.29, 0.717) is 6.42 Å². The minimum absolute atomic E-state index is 0.262. The number of benzene rings is 1. The monoisotopic (exact) mass is 312 g/mol. The third kappa shape index (κ3) is 4.10. The summed E-state index contributed by atoms with van der Waals surface area (Å²) in [5, 5.41) is 3.32. The molecule has 0 bridgehead atoms. The summed E-state index contributed by atoms with van der Waals surface area (Å²) in [6.45, 7) is 6.00. The standard InChI is InChI=1S/C14H21BrN2O/c1-4-10(2)17-14(3,13(16)18)9-11-5-7-12(15)8-6-11/h5-8,10,17H,4,9H2,1-3H3,(H2,16,18). The van der Waals surface area contributed by atoms with E-state index in [1.807, 2.05) is 31.2 Å². The van der Waals surface area contributed by atoms with Crippen molar-refractivity contribution in [2.75, 3.05) is 0 Å². The van der Waals surface area contributed by atoms with Gasteiger partial charge in [-0.05, 0) is 44.4 Å². The van der Waals surface area contributed by atoms with E-state index < -0.39 is 5.54 Å². The van der Waals surface area contributed by atoms with Gasteiger partial charge in [0.1, 0.15) is 0 Å². The Kier molecular flexibility index (Phi) is 5.35. The van der Waals surface area contributed by atoms with Crippen molar-refractivity contribution < 1.29 is 4.79 Å². The molecule has 18 heavy (non-hydrogen) atoms. The van der Waals surface area contributed by atoms with Gasteiger partial charge in [0.05, 0.1) is 5.54 Å². The lowest BCUT2D eigenvalue weighted by atomic mass is 9.91. The predicted octanol–water partition coefficient (Wildman–Crippen LogP) is 2.62. The zero-order valence-corrected chi connectivity index (χ0v) is 12.8. The maximum Gasteiger partial charge on any atom is 0.237 e. The van der Waals surface area contributed by atoms with Crippen molar-refractivity contribution >= 4 is 21.8 Å². The highest BCUT2D eigenvalue weighted by atomic mass is 79.9. The van der Waals surface area contributed by atoms with Crippen LogP contribution in [-0.4, -0.2) is 17.5 Å². The molecule has 100 valence electrons. The second-order valence-corrected chi connectivity index (χ2v) is 5.87. The average molecular weight is 313 g/mol. The first kappa shape index (κ1) is 15.2. The van der Waals surface area contributed by atoms with E-state index in [1.165, 1.54) is 0 Å². The maximum absolute atomic E-state index is 11.7. The smallest absolute Gasteiger partial charge is 0.237 e. The quantitative estimate of drug-likeness (QED) is 0.848. The molecular weight excluding hydrogens is 292 g/mol. The second kappa shape index (κ2) is 6.34. The van der Waals surface area contributed by atoms with Crippen LogP contribution in [0.15, 0.2) is 28.7 Å². The number of amides is 1. The largest absolute Gasteiger partial charge is 0.368 e. The molecule has 0 fully saturated rings. The van der Waals surface area contributed by atoms with Crippen LogP contribution in [0.1, 0.15) is 32.8 Å². The van der Waals surface area contributed by atoms with Gasteiger partial charge in [0.2, 0.25) is 5.91 Å². The van der Waals surface area contributed by atoms with Crippen molar-refractivity contribution in [3.8, 4) is 0 Å². The minimum atomic E-state index is -0.705. The van der Waals surface area contributed by atoms with E-state index in [1.54, 1.807) is 0 Å². The Morgan fingerprint density at radius 1 is 1.44 bits per heavy atom. The number of halogens is 1. The highest BCUT2D eigenvalue weighted by molar-refractivity contribution is 9.10. The Morgan fingerprint density at radius 3 is 2.44 bits per heavy atom. The molecular formula is C14H21BrN2O. The summed E-state index contributed by atoms with van der Waals surface area (Å²) in [5.74, 6) is -0.314. The molecule has 0 radical (unpaired) electrons. The van der Waals surface area contributed by atoms with Crippen LogP contribution in [0.2, 0.25) is 0 Å². The van der Waals surface area contributed by atoms with E-state index in [-0.39, 0.29) is 11.9 Å². The average Bonchev–Trinajstić information content (AvgIpc) is 2.31. The van der Waals surface area contributed by atoms with Crippen LogP contribution in [0.3, 0.4) is 0 Å². The van der Waals surface area contributed by atoms with E-state index in [4.69, 9.17) is 5.73 Å². The van der Waals surface area contributed by atoms with Crippen molar-refractivity contribution in [2.45, 2.75) is 45.2 Å². The zero-order chi connectivity index (χ0) is 13.8. The molecule has 1 rings (SSSR count). The highest BCUT2D eigenvalue weighted by Gasteiger charge is 2.32. The van der Waals surface area contributed by atoms with Crippen molar-refractivity contribution in [1.29, 1.82) is 0 Å². The van der Waals surface area contributed by atoms with E-state index >= 15 is 0 Å².